The number of aliphatic hydroxyl groups is 1. The average molecular weight is 274 g/mol. The van der Waals surface area contributed by atoms with Crippen molar-refractivity contribution in [2.45, 2.75) is 38.3 Å². The van der Waals surface area contributed by atoms with Gasteiger partial charge >= 0.3 is 0 Å². The number of hydrogen-bond donors (Lipinski definition) is 1. The summed E-state index contributed by atoms with van der Waals surface area (Å²) in [5.41, 5.74) is 1.18. The molecule has 1 saturated heterocycles. The Morgan fingerprint density at radius 2 is 2.20 bits per heavy atom. The number of ether oxygens (including phenoxy) is 1. The van der Waals surface area contributed by atoms with Crippen molar-refractivity contribution in [2.24, 2.45) is 0 Å². The number of nitrogens with zero attached hydrogens (tertiary/aromatic N) is 2. The molecule has 0 aromatic heterocycles. The molecule has 1 aliphatic rings. The van der Waals surface area contributed by atoms with Crippen molar-refractivity contribution in [3.8, 4) is 11.8 Å². The van der Waals surface area contributed by atoms with Gasteiger partial charge in [-0.1, -0.05) is 6.07 Å². The van der Waals surface area contributed by atoms with Gasteiger partial charge in [-0.2, -0.15) is 5.26 Å². The van der Waals surface area contributed by atoms with Crippen molar-refractivity contribution in [1.29, 1.82) is 5.26 Å². The second-order valence-corrected chi connectivity index (χ2v) is 5.77. The predicted molar refractivity (Wildman–Crippen MR) is 77.5 cm³/mol. The van der Waals surface area contributed by atoms with Gasteiger partial charge in [-0.3, -0.25) is 4.90 Å². The van der Waals surface area contributed by atoms with E-state index < -0.39 is 5.60 Å². The Kier molecular flexibility index (Phi) is 4.64. The first kappa shape index (κ1) is 14.8. The monoisotopic (exact) mass is 274 g/mol. The van der Waals surface area contributed by atoms with E-state index in [2.05, 4.69) is 11.0 Å². The van der Waals surface area contributed by atoms with Crippen LogP contribution in [0, 0.1) is 11.3 Å². The Morgan fingerprint density at radius 3 is 2.90 bits per heavy atom. The molecule has 1 aromatic carbocycles. The van der Waals surface area contributed by atoms with Crippen LogP contribution in [-0.2, 0) is 6.54 Å². The second kappa shape index (κ2) is 6.25. The van der Waals surface area contributed by atoms with Gasteiger partial charge in [0.2, 0.25) is 0 Å². The minimum atomic E-state index is -0.531. The third-order valence-corrected chi connectivity index (χ3v) is 3.95. The SMILES string of the molecule is COc1cc(CN2CCCC(C)(O)CC2)ccc1C#N. The van der Waals surface area contributed by atoms with Gasteiger partial charge in [0.25, 0.3) is 0 Å². The maximum atomic E-state index is 10.1. The molecule has 1 aromatic rings. The Hall–Kier alpha value is -1.57. The second-order valence-electron chi connectivity index (χ2n) is 5.77. The predicted octanol–water partition coefficient (Wildman–Crippen LogP) is 2.30. The largest absolute Gasteiger partial charge is 0.495 e. The molecule has 1 aliphatic heterocycles. The molecule has 0 aliphatic carbocycles. The maximum absolute atomic E-state index is 10.1. The number of hydrogen-bond acceptors (Lipinski definition) is 4. The molecular formula is C16H22N2O2. The zero-order valence-electron chi connectivity index (χ0n) is 12.2. The number of benzene rings is 1. The molecule has 108 valence electrons. The number of likely N-dealkylation sites (tertiary alicyclic amines) is 1. The molecule has 1 N–H and O–H groups in total. The van der Waals surface area contributed by atoms with Crippen molar-refractivity contribution >= 4 is 0 Å². The van der Waals surface area contributed by atoms with Gasteiger partial charge in [0.05, 0.1) is 18.3 Å². The van der Waals surface area contributed by atoms with Gasteiger partial charge in [-0.05, 0) is 50.4 Å². The first-order valence-electron chi connectivity index (χ1n) is 7.06. The Bertz CT molecular complexity index is 506. The average Bonchev–Trinajstić information content (AvgIpc) is 2.60. The molecule has 0 saturated carbocycles. The Morgan fingerprint density at radius 1 is 1.40 bits per heavy atom. The van der Waals surface area contributed by atoms with E-state index in [1.54, 1.807) is 7.11 Å². The van der Waals surface area contributed by atoms with Crippen LogP contribution in [0.3, 0.4) is 0 Å². The summed E-state index contributed by atoms with van der Waals surface area (Å²) in [6.07, 6.45) is 2.68. The minimum Gasteiger partial charge on any atom is -0.495 e. The van der Waals surface area contributed by atoms with Gasteiger partial charge in [0.1, 0.15) is 11.8 Å². The fourth-order valence-electron chi connectivity index (χ4n) is 2.66. The van der Waals surface area contributed by atoms with Crippen LogP contribution >= 0.6 is 0 Å². The lowest BCUT2D eigenvalue weighted by atomic mass is 9.98. The zero-order valence-corrected chi connectivity index (χ0v) is 12.2. The van der Waals surface area contributed by atoms with Crippen molar-refractivity contribution in [2.75, 3.05) is 20.2 Å². The topological polar surface area (TPSA) is 56.5 Å². The quantitative estimate of drug-likeness (QED) is 0.919. The van der Waals surface area contributed by atoms with Crippen LogP contribution < -0.4 is 4.74 Å². The van der Waals surface area contributed by atoms with Crippen LogP contribution in [0.2, 0.25) is 0 Å². The molecule has 20 heavy (non-hydrogen) atoms. The molecule has 0 spiro atoms. The molecule has 1 atom stereocenters. The highest BCUT2D eigenvalue weighted by Crippen LogP contribution is 2.24. The summed E-state index contributed by atoms with van der Waals surface area (Å²) in [4.78, 5) is 2.35. The molecule has 0 radical (unpaired) electrons. The molecule has 2 rings (SSSR count). The summed E-state index contributed by atoms with van der Waals surface area (Å²) in [5.74, 6) is 0.631. The van der Waals surface area contributed by atoms with E-state index in [0.29, 0.717) is 11.3 Å². The van der Waals surface area contributed by atoms with E-state index >= 15 is 0 Å². The van der Waals surface area contributed by atoms with Crippen molar-refractivity contribution in [3.05, 3.63) is 29.3 Å². The number of rotatable bonds is 3. The minimum absolute atomic E-state index is 0.531. The molecule has 0 bridgehead atoms. The van der Waals surface area contributed by atoms with Crippen molar-refractivity contribution in [1.82, 2.24) is 4.90 Å². The van der Waals surface area contributed by atoms with E-state index in [0.717, 1.165) is 44.5 Å². The lowest BCUT2D eigenvalue weighted by molar-refractivity contribution is 0.0444. The third kappa shape index (κ3) is 3.72. The normalized spacial score (nSPS) is 23.9. The van der Waals surface area contributed by atoms with Crippen LogP contribution in [0.25, 0.3) is 0 Å². The lowest BCUT2D eigenvalue weighted by Gasteiger charge is -2.22. The summed E-state index contributed by atoms with van der Waals surface area (Å²) in [7, 11) is 1.59. The molecule has 1 fully saturated rings. The summed E-state index contributed by atoms with van der Waals surface area (Å²) >= 11 is 0. The van der Waals surface area contributed by atoms with E-state index in [-0.39, 0.29) is 0 Å². The smallest absolute Gasteiger partial charge is 0.136 e. The molecule has 1 unspecified atom stereocenters. The van der Waals surface area contributed by atoms with Gasteiger partial charge in [0.15, 0.2) is 0 Å². The summed E-state index contributed by atoms with van der Waals surface area (Å²) < 4.78 is 5.24. The van der Waals surface area contributed by atoms with Crippen LogP contribution in [0.1, 0.15) is 37.3 Å². The van der Waals surface area contributed by atoms with E-state index in [9.17, 15) is 5.11 Å². The van der Waals surface area contributed by atoms with E-state index in [1.165, 1.54) is 0 Å². The zero-order chi connectivity index (χ0) is 14.6. The standard InChI is InChI=1S/C16H22N2O2/c1-16(19)6-3-8-18(9-7-16)12-13-4-5-14(11-17)15(10-13)20-2/h4-5,10,19H,3,6-9,12H2,1-2H3. The van der Waals surface area contributed by atoms with Gasteiger partial charge < -0.3 is 9.84 Å². The molecule has 1 heterocycles. The van der Waals surface area contributed by atoms with Crippen LogP contribution in [0.4, 0.5) is 0 Å². The first-order chi connectivity index (χ1) is 9.54. The number of nitriles is 1. The molecule has 4 nitrogen and oxygen atoms in total. The highest BCUT2D eigenvalue weighted by molar-refractivity contribution is 5.45. The van der Waals surface area contributed by atoms with Crippen molar-refractivity contribution < 1.29 is 9.84 Å². The first-order valence-corrected chi connectivity index (χ1v) is 7.06. The summed E-state index contributed by atoms with van der Waals surface area (Å²) in [6, 6.07) is 7.84. The molecule has 0 amide bonds. The Labute approximate surface area is 120 Å². The lowest BCUT2D eigenvalue weighted by Crippen LogP contribution is -2.28. The molecule has 4 heteroatoms. The highest BCUT2D eigenvalue weighted by Gasteiger charge is 2.24. The van der Waals surface area contributed by atoms with Crippen LogP contribution in [0.15, 0.2) is 18.2 Å². The summed E-state index contributed by atoms with van der Waals surface area (Å²) in [6.45, 7) is 4.65. The van der Waals surface area contributed by atoms with Gasteiger partial charge in [-0.25, -0.2) is 0 Å². The van der Waals surface area contributed by atoms with Crippen molar-refractivity contribution in [3.63, 3.8) is 0 Å². The fraction of sp³-hybridized carbons (Fsp3) is 0.562. The van der Waals surface area contributed by atoms with Crippen LogP contribution in [-0.4, -0.2) is 35.8 Å². The third-order valence-electron chi connectivity index (χ3n) is 3.95. The maximum Gasteiger partial charge on any atom is 0.136 e. The van der Waals surface area contributed by atoms with E-state index in [4.69, 9.17) is 10.00 Å². The Balaban J connectivity index is 2.05. The molecular weight excluding hydrogens is 252 g/mol. The number of methoxy groups -OCH3 is 1. The fourth-order valence-corrected chi connectivity index (χ4v) is 2.66. The van der Waals surface area contributed by atoms with Crippen LogP contribution in [0.5, 0.6) is 5.75 Å². The van der Waals surface area contributed by atoms with E-state index in [1.807, 2.05) is 25.1 Å². The highest BCUT2D eigenvalue weighted by atomic mass is 16.5. The van der Waals surface area contributed by atoms with Gasteiger partial charge in [-0.15, -0.1) is 0 Å². The van der Waals surface area contributed by atoms with Gasteiger partial charge in [0, 0.05) is 13.1 Å². The summed E-state index contributed by atoms with van der Waals surface area (Å²) in [5, 5.41) is 19.1.